The molecule has 2 aromatic rings. The van der Waals surface area contributed by atoms with Gasteiger partial charge in [0.05, 0.1) is 20.3 Å². The molecule has 1 atom stereocenters. The summed E-state index contributed by atoms with van der Waals surface area (Å²) in [5.41, 5.74) is 0.819. The molecule has 0 bridgehead atoms. The number of carbonyl (C=O) groups is 1. The van der Waals surface area contributed by atoms with Crippen LogP contribution in [-0.2, 0) is 9.47 Å². The number of cyclic esters (lactones) is 1. The Bertz CT molecular complexity index is 670. The molecule has 5 heteroatoms. The van der Waals surface area contributed by atoms with E-state index < -0.39 is 0 Å². The van der Waals surface area contributed by atoms with Crippen molar-refractivity contribution in [3.8, 4) is 5.75 Å². The van der Waals surface area contributed by atoms with Gasteiger partial charge in [0.25, 0.3) is 0 Å². The summed E-state index contributed by atoms with van der Waals surface area (Å²) >= 11 is 0. The Kier molecular flexibility index (Phi) is 3.66. The standard InChI is InChI=1S/C16H17NO4/c1-19-10-15-9-17(16(18)21-15)13-5-3-11-4-6-14(20-2)8-12(11)7-13/h3-8,15H,9-10H2,1-2H3. The fourth-order valence-electron chi connectivity index (χ4n) is 2.51. The molecule has 0 N–H and O–H groups in total. The number of methoxy groups -OCH3 is 2. The van der Waals surface area contributed by atoms with E-state index in [1.54, 1.807) is 19.1 Å². The molecule has 0 saturated carbocycles. The summed E-state index contributed by atoms with van der Waals surface area (Å²) in [4.78, 5) is 13.6. The Morgan fingerprint density at radius 2 is 2.00 bits per heavy atom. The summed E-state index contributed by atoms with van der Waals surface area (Å²) in [7, 11) is 3.23. The Hall–Kier alpha value is -2.27. The van der Waals surface area contributed by atoms with Crippen LogP contribution in [0.5, 0.6) is 5.75 Å². The van der Waals surface area contributed by atoms with Gasteiger partial charge in [0.1, 0.15) is 11.9 Å². The molecular weight excluding hydrogens is 270 g/mol. The van der Waals surface area contributed by atoms with E-state index in [0.29, 0.717) is 13.2 Å². The lowest BCUT2D eigenvalue weighted by atomic mass is 10.1. The van der Waals surface area contributed by atoms with Gasteiger partial charge in [-0.3, -0.25) is 4.90 Å². The van der Waals surface area contributed by atoms with E-state index in [1.165, 1.54) is 0 Å². The van der Waals surface area contributed by atoms with Crippen LogP contribution in [0.1, 0.15) is 0 Å². The predicted molar refractivity (Wildman–Crippen MR) is 80.0 cm³/mol. The highest BCUT2D eigenvalue weighted by Crippen LogP contribution is 2.28. The van der Waals surface area contributed by atoms with Crippen LogP contribution in [0.3, 0.4) is 0 Å². The summed E-state index contributed by atoms with van der Waals surface area (Å²) < 4.78 is 15.5. The first-order valence-corrected chi connectivity index (χ1v) is 6.76. The van der Waals surface area contributed by atoms with Gasteiger partial charge in [-0.15, -0.1) is 0 Å². The van der Waals surface area contributed by atoms with Crippen molar-refractivity contribution < 1.29 is 19.0 Å². The second-order valence-corrected chi connectivity index (χ2v) is 4.97. The maximum Gasteiger partial charge on any atom is 0.414 e. The second kappa shape index (κ2) is 5.61. The fraction of sp³-hybridized carbons (Fsp3) is 0.312. The van der Waals surface area contributed by atoms with Gasteiger partial charge in [-0.25, -0.2) is 4.79 Å². The fourth-order valence-corrected chi connectivity index (χ4v) is 2.51. The largest absolute Gasteiger partial charge is 0.497 e. The van der Waals surface area contributed by atoms with Gasteiger partial charge >= 0.3 is 6.09 Å². The maximum absolute atomic E-state index is 11.9. The van der Waals surface area contributed by atoms with E-state index in [9.17, 15) is 4.79 Å². The highest BCUT2D eigenvalue weighted by molar-refractivity contribution is 5.94. The first kappa shape index (κ1) is 13.7. The Morgan fingerprint density at radius 3 is 2.76 bits per heavy atom. The van der Waals surface area contributed by atoms with Crippen LogP contribution in [-0.4, -0.2) is 39.6 Å². The SMILES string of the molecule is COCC1CN(c2ccc3ccc(OC)cc3c2)C(=O)O1. The molecule has 1 unspecified atom stereocenters. The molecule has 1 fully saturated rings. The van der Waals surface area contributed by atoms with Gasteiger partial charge in [-0.05, 0) is 35.0 Å². The van der Waals surface area contributed by atoms with Gasteiger partial charge in [0.2, 0.25) is 0 Å². The number of amides is 1. The van der Waals surface area contributed by atoms with Gasteiger partial charge < -0.3 is 14.2 Å². The van der Waals surface area contributed by atoms with Crippen LogP contribution < -0.4 is 9.64 Å². The number of rotatable bonds is 4. The van der Waals surface area contributed by atoms with Gasteiger partial charge in [-0.2, -0.15) is 0 Å². The average molecular weight is 287 g/mol. The molecule has 2 aromatic carbocycles. The average Bonchev–Trinajstić information content (AvgIpc) is 2.87. The van der Waals surface area contributed by atoms with Crippen molar-refractivity contribution in [1.82, 2.24) is 0 Å². The van der Waals surface area contributed by atoms with Crippen LogP contribution in [0.15, 0.2) is 36.4 Å². The van der Waals surface area contributed by atoms with Gasteiger partial charge in [0.15, 0.2) is 0 Å². The van der Waals surface area contributed by atoms with Crippen LogP contribution in [0.2, 0.25) is 0 Å². The summed E-state index contributed by atoms with van der Waals surface area (Å²) in [6.45, 7) is 0.909. The number of carbonyl (C=O) groups excluding carboxylic acids is 1. The highest BCUT2D eigenvalue weighted by Gasteiger charge is 2.32. The number of ether oxygens (including phenoxy) is 3. The predicted octanol–water partition coefficient (Wildman–Crippen LogP) is 2.82. The van der Waals surface area contributed by atoms with Crippen molar-refractivity contribution in [1.29, 1.82) is 0 Å². The van der Waals surface area contributed by atoms with E-state index in [4.69, 9.17) is 14.2 Å². The topological polar surface area (TPSA) is 48.0 Å². The molecule has 110 valence electrons. The van der Waals surface area contributed by atoms with Crippen LogP contribution >= 0.6 is 0 Å². The molecule has 21 heavy (non-hydrogen) atoms. The minimum atomic E-state index is -0.334. The second-order valence-electron chi connectivity index (χ2n) is 4.97. The molecule has 1 saturated heterocycles. The monoisotopic (exact) mass is 287 g/mol. The summed E-state index contributed by atoms with van der Waals surface area (Å²) in [6, 6.07) is 11.7. The third-order valence-electron chi connectivity index (χ3n) is 3.57. The lowest BCUT2D eigenvalue weighted by Crippen LogP contribution is -2.25. The van der Waals surface area contributed by atoms with Crippen molar-refractivity contribution in [3.05, 3.63) is 36.4 Å². The Labute approximate surface area is 123 Å². The zero-order chi connectivity index (χ0) is 14.8. The molecule has 1 aliphatic heterocycles. The van der Waals surface area contributed by atoms with Gasteiger partial charge in [-0.1, -0.05) is 12.1 Å². The lowest BCUT2D eigenvalue weighted by molar-refractivity contribution is 0.0718. The first-order chi connectivity index (χ1) is 10.2. The molecule has 0 aliphatic carbocycles. The normalized spacial score (nSPS) is 18.1. The number of hydrogen-bond donors (Lipinski definition) is 0. The maximum atomic E-state index is 11.9. The zero-order valence-corrected chi connectivity index (χ0v) is 12.0. The number of nitrogens with zero attached hydrogens (tertiary/aromatic N) is 1. The molecule has 5 nitrogen and oxygen atoms in total. The highest BCUT2D eigenvalue weighted by atomic mass is 16.6. The molecule has 3 rings (SSSR count). The van der Waals surface area contributed by atoms with Crippen molar-refractivity contribution in [2.24, 2.45) is 0 Å². The van der Waals surface area contributed by atoms with E-state index >= 15 is 0 Å². The molecule has 1 heterocycles. The van der Waals surface area contributed by atoms with Crippen LogP contribution in [0.4, 0.5) is 10.5 Å². The summed E-state index contributed by atoms with van der Waals surface area (Å²) in [5.74, 6) is 0.793. The van der Waals surface area contributed by atoms with Gasteiger partial charge in [0, 0.05) is 12.8 Å². The molecule has 0 radical (unpaired) electrons. The minimum absolute atomic E-state index is 0.219. The molecule has 0 spiro atoms. The third kappa shape index (κ3) is 2.64. The molecule has 1 amide bonds. The van der Waals surface area contributed by atoms with Crippen molar-refractivity contribution in [3.63, 3.8) is 0 Å². The minimum Gasteiger partial charge on any atom is -0.497 e. The van der Waals surface area contributed by atoms with E-state index in [1.807, 2.05) is 36.4 Å². The van der Waals surface area contributed by atoms with Crippen LogP contribution in [0, 0.1) is 0 Å². The number of anilines is 1. The van der Waals surface area contributed by atoms with E-state index in [-0.39, 0.29) is 12.2 Å². The molecule has 0 aromatic heterocycles. The smallest absolute Gasteiger partial charge is 0.414 e. The van der Waals surface area contributed by atoms with E-state index in [2.05, 4.69) is 0 Å². The third-order valence-corrected chi connectivity index (χ3v) is 3.57. The summed E-state index contributed by atoms with van der Waals surface area (Å²) in [6.07, 6.45) is -0.553. The number of fused-ring (bicyclic) bond motifs is 1. The van der Waals surface area contributed by atoms with Crippen LogP contribution in [0.25, 0.3) is 10.8 Å². The van der Waals surface area contributed by atoms with E-state index in [0.717, 1.165) is 22.2 Å². The van der Waals surface area contributed by atoms with Crippen molar-refractivity contribution in [2.45, 2.75) is 6.10 Å². The summed E-state index contributed by atoms with van der Waals surface area (Å²) in [5, 5.41) is 2.12. The molecule has 1 aliphatic rings. The number of benzene rings is 2. The Balaban J connectivity index is 1.91. The first-order valence-electron chi connectivity index (χ1n) is 6.76. The number of hydrogen-bond acceptors (Lipinski definition) is 4. The Morgan fingerprint density at radius 1 is 1.19 bits per heavy atom. The lowest BCUT2D eigenvalue weighted by Gasteiger charge is -2.14. The quantitative estimate of drug-likeness (QED) is 0.867. The van der Waals surface area contributed by atoms with Crippen molar-refractivity contribution in [2.75, 3.05) is 32.3 Å². The zero-order valence-electron chi connectivity index (χ0n) is 12.0. The van der Waals surface area contributed by atoms with Crippen molar-refractivity contribution >= 4 is 22.6 Å². The molecular formula is C16H17NO4.